The Labute approximate surface area is 248 Å². The number of anilines is 1. The zero-order valence-corrected chi connectivity index (χ0v) is 25.2. The standard InChI is InChI=1S/C29H34N2O6S.2ClH/c1-20-11-12-23(38(32,33)34)17-25(20)24-7-6-10-28-29(24)37-22(19-36-28)18-30(2)21-13-15-31(16-14-21)26-8-4-5-9-27(26)35-3;;/h4-12,17,21-22H,13-16,18-19H2,1-3H3,(H,32,33,34);2*1H. The van der Waals surface area contributed by atoms with Gasteiger partial charge in [-0.15, -0.1) is 24.8 Å². The third-order valence-electron chi connectivity index (χ3n) is 7.49. The molecule has 1 saturated heterocycles. The Kier molecular flexibility index (Phi) is 10.6. The van der Waals surface area contributed by atoms with Gasteiger partial charge in [0.1, 0.15) is 18.5 Å². The van der Waals surface area contributed by atoms with Gasteiger partial charge in [0.05, 0.1) is 17.7 Å². The highest BCUT2D eigenvalue weighted by atomic mass is 35.5. The van der Waals surface area contributed by atoms with Gasteiger partial charge in [-0.1, -0.05) is 30.3 Å². The number of benzene rings is 3. The predicted molar refractivity (Wildman–Crippen MR) is 162 cm³/mol. The number of methoxy groups -OCH3 is 1. The lowest BCUT2D eigenvalue weighted by molar-refractivity contribution is 0.0513. The molecule has 2 aliphatic rings. The van der Waals surface area contributed by atoms with Gasteiger partial charge in [0.15, 0.2) is 11.5 Å². The van der Waals surface area contributed by atoms with Crippen molar-refractivity contribution in [3.63, 3.8) is 0 Å². The van der Waals surface area contributed by atoms with Crippen molar-refractivity contribution in [2.24, 2.45) is 0 Å². The van der Waals surface area contributed by atoms with Crippen LogP contribution in [0.5, 0.6) is 17.2 Å². The number of hydrogen-bond donors (Lipinski definition) is 1. The minimum atomic E-state index is -4.33. The Hall–Kier alpha value is -2.69. The molecule has 0 aliphatic carbocycles. The zero-order chi connectivity index (χ0) is 26.9. The molecule has 3 aromatic rings. The number of nitrogens with zero attached hydrogens (tertiary/aromatic N) is 2. The third-order valence-corrected chi connectivity index (χ3v) is 8.34. The maximum absolute atomic E-state index is 11.8. The topological polar surface area (TPSA) is 88.5 Å². The maximum Gasteiger partial charge on any atom is 0.294 e. The fourth-order valence-corrected chi connectivity index (χ4v) is 5.90. The Balaban J connectivity index is 0.00000220. The number of hydrogen-bond acceptors (Lipinski definition) is 7. The molecule has 2 aliphatic heterocycles. The summed E-state index contributed by atoms with van der Waals surface area (Å²) in [5.41, 5.74) is 3.43. The second-order valence-electron chi connectivity index (χ2n) is 9.97. The van der Waals surface area contributed by atoms with Gasteiger partial charge in [0, 0.05) is 31.2 Å². The number of aryl methyl sites for hydroxylation is 1. The van der Waals surface area contributed by atoms with Crippen LogP contribution in [0, 0.1) is 6.92 Å². The summed E-state index contributed by atoms with van der Waals surface area (Å²) in [5.74, 6) is 2.13. The van der Waals surface area contributed by atoms with Gasteiger partial charge in [0.25, 0.3) is 10.1 Å². The molecule has 0 radical (unpaired) electrons. The van der Waals surface area contributed by atoms with Crippen LogP contribution in [0.25, 0.3) is 11.1 Å². The van der Waals surface area contributed by atoms with E-state index in [0.717, 1.165) is 48.5 Å². The van der Waals surface area contributed by atoms with Crippen molar-refractivity contribution in [3.05, 3.63) is 66.2 Å². The first-order valence-electron chi connectivity index (χ1n) is 12.8. The Morgan fingerprint density at radius 1 is 1.02 bits per heavy atom. The van der Waals surface area contributed by atoms with Gasteiger partial charge in [-0.3, -0.25) is 9.45 Å². The fourth-order valence-electron chi connectivity index (χ4n) is 5.40. The Morgan fingerprint density at radius 2 is 1.75 bits per heavy atom. The Bertz CT molecular complexity index is 1410. The second-order valence-corrected chi connectivity index (χ2v) is 11.4. The summed E-state index contributed by atoms with van der Waals surface area (Å²) < 4.78 is 51.2. The van der Waals surface area contributed by atoms with Crippen LogP contribution in [-0.2, 0) is 10.1 Å². The summed E-state index contributed by atoms with van der Waals surface area (Å²) in [6.45, 7) is 4.94. The highest BCUT2D eigenvalue weighted by Crippen LogP contribution is 2.42. The van der Waals surface area contributed by atoms with Gasteiger partial charge in [-0.2, -0.15) is 8.42 Å². The molecule has 1 fully saturated rings. The highest BCUT2D eigenvalue weighted by molar-refractivity contribution is 7.85. The molecular formula is C29H36Cl2N2O6S. The van der Waals surface area contributed by atoms with Crippen molar-refractivity contribution >= 4 is 40.6 Å². The molecule has 0 amide bonds. The molecule has 218 valence electrons. The molecule has 40 heavy (non-hydrogen) atoms. The molecular weight excluding hydrogens is 575 g/mol. The monoisotopic (exact) mass is 610 g/mol. The van der Waals surface area contributed by atoms with Gasteiger partial charge in [-0.25, -0.2) is 0 Å². The molecule has 0 spiro atoms. The van der Waals surface area contributed by atoms with Crippen molar-refractivity contribution in [2.75, 3.05) is 45.3 Å². The molecule has 0 aromatic heterocycles. The average molecular weight is 612 g/mol. The molecule has 5 rings (SSSR count). The minimum Gasteiger partial charge on any atom is -0.495 e. The van der Waals surface area contributed by atoms with Crippen LogP contribution < -0.4 is 19.1 Å². The Morgan fingerprint density at radius 3 is 2.45 bits per heavy atom. The predicted octanol–water partition coefficient (Wildman–Crippen LogP) is 5.50. The molecule has 3 aromatic carbocycles. The van der Waals surface area contributed by atoms with E-state index >= 15 is 0 Å². The lowest BCUT2D eigenvalue weighted by Gasteiger charge is -2.39. The molecule has 2 heterocycles. The van der Waals surface area contributed by atoms with E-state index in [2.05, 4.69) is 22.9 Å². The minimum absolute atomic E-state index is 0. The number of rotatable bonds is 7. The van der Waals surface area contributed by atoms with Crippen LogP contribution in [0.15, 0.2) is 65.6 Å². The SMILES string of the molecule is COc1ccccc1N1CCC(N(C)CC2COc3cccc(-c4cc(S(=O)(=O)O)ccc4C)c3O2)CC1.Cl.Cl. The van der Waals surface area contributed by atoms with Crippen LogP contribution in [0.3, 0.4) is 0 Å². The van der Waals surface area contributed by atoms with Crippen molar-refractivity contribution in [1.82, 2.24) is 4.90 Å². The van der Waals surface area contributed by atoms with Gasteiger partial charge in [-0.05, 0) is 68.3 Å². The molecule has 8 nitrogen and oxygen atoms in total. The molecule has 0 bridgehead atoms. The molecule has 1 N–H and O–H groups in total. The number of halogens is 2. The van der Waals surface area contributed by atoms with E-state index in [1.54, 1.807) is 13.2 Å². The average Bonchev–Trinajstić information content (AvgIpc) is 2.92. The van der Waals surface area contributed by atoms with E-state index in [9.17, 15) is 13.0 Å². The molecule has 0 saturated carbocycles. The summed E-state index contributed by atoms with van der Waals surface area (Å²) in [5, 5.41) is 0. The zero-order valence-electron chi connectivity index (χ0n) is 22.8. The summed E-state index contributed by atoms with van der Waals surface area (Å²) in [6, 6.07) is 18.7. The number of fused-ring (bicyclic) bond motifs is 1. The smallest absolute Gasteiger partial charge is 0.294 e. The van der Waals surface area contributed by atoms with E-state index in [-0.39, 0.29) is 35.8 Å². The molecule has 1 unspecified atom stereocenters. The summed E-state index contributed by atoms with van der Waals surface area (Å²) in [6.07, 6.45) is 1.89. The van der Waals surface area contributed by atoms with Gasteiger partial charge in [0.2, 0.25) is 0 Å². The molecule has 1 atom stereocenters. The van der Waals surface area contributed by atoms with Crippen molar-refractivity contribution in [3.8, 4) is 28.4 Å². The number of ether oxygens (including phenoxy) is 3. The normalized spacial score (nSPS) is 17.1. The maximum atomic E-state index is 11.8. The quantitative estimate of drug-likeness (QED) is 0.351. The number of para-hydroxylation sites is 3. The number of likely N-dealkylation sites (N-methyl/N-ethyl adjacent to an activating group) is 1. The van der Waals surface area contributed by atoms with Crippen LogP contribution in [0.1, 0.15) is 18.4 Å². The summed E-state index contributed by atoms with van der Waals surface area (Å²) >= 11 is 0. The first-order valence-corrected chi connectivity index (χ1v) is 14.3. The lowest BCUT2D eigenvalue weighted by Crippen LogP contribution is -2.48. The van der Waals surface area contributed by atoms with E-state index in [4.69, 9.17) is 14.2 Å². The van der Waals surface area contributed by atoms with Crippen molar-refractivity contribution < 1.29 is 27.2 Å². The second kappa shape index (κ2) is 13.3. The van der Waals surface area contributed by atoms with Gasteiger partial charge >= 0.3 is 0 Å². The van der Waals surface area contributed by atoms with E-state index < -0.39 is 10.1 Å². The van der Waals surface area contributed by atoms with Crippen LogP contribution in [-0.4, -0.2) is 70.4 Å². The van der Waals surface area contributed by atoms with E-state index in [1.165, 1.54) is 12.1 Å². The lowest BCUT2D eigenvalue weighted by atomic mass is 9.99. The fraction of sp³-hybridized carbons (Fsp3) is 0.379. The van der Waals surface area contributed by atoms with Crippen LogP contribution in [0.2, 0.25) is 0 Å². The van der Waals surface area contributed by atoms with E-state index in [1.807, 2.05) is 43.3 Å². The molecule has 11 heteroatoms. The first-order chi connectivity index (χ1) is 18.2. The van der Waals surface area contributed by atoms with Crippen LogP contribution in [0.4, 0.5) is 5.69 Å². The summed E-state index contributed by atoms with van der Waals surface area (Å²) in [7, 11) is -0.482. The van der Waals surface area contributed by atoms with Crippen LogP contribution >= 0.6 is 24.8 Å². The van der Waals surface area contributed by atoms with Crippen molar-refractivity contribution in [1.29, 1.82) is 0 Å². The van der Waals surface area contributed by atoms with E-state index in [0.29, 0.717) is 36.3 Å². The van der Waals surface area contributed by atoms with Gasteiger partial charge < -0.3 is 19.1 Å². The largest absolute Gasteiger partial charge is 0.495 e. The number of piperidine rings is 1. The highest BCUT2D eigenvalue weighted by Gasteiger charge is 2.30. The summed E-state index contributed by atoms with van der Waals surface area (Å²) in [4.78, 5) is 4.59. The third kappa shape index (κ3) is 6.78. The van der Waals surface area contributed by atoms with Crippen molar-refractivity contribution in [2.45, 2.75) is 36.8 Å². The first kappa shape index (κ1) is 31.8.